The predicted molar refractivity (Wildman–Crippen MR) is 68.3 cm³/mol. The van der Waals surface area contributed by atoms with E-state index >= 15 is 0 Å². The lowest BCUT2D eigenvalue weighted by Gasteiger charge is -2.40. The van der Waals surface area contributed by atoms with Crippen LogP contribution in [0.2, 0.25) is 0 Å². The van der Waals surface area contributed by atoms with E-state index in [1.807, 2.05) is 0 Å². The van der Waals surface area contributed by atoms with E-state index in [1.54, 1.807) is 0 Å². The molecule has 0 amide bonds. The molecule has 9 nitrogen and oxygen atoms in total. The number of nitrogens with two attached hydrogens (primary N) is 1. The van der Waals surface area contributed by atoms with Crippen LogP contribution in [0.15, 0.2) is 0 Å². The molecule has 0 aliphatic carbocycles. The van der Waals surface area contributed by atoms with Gasteiger partial charge in [0.05, 0.1) is 6.61 Å². The molecule has 10 heteroatoms. The molecule has 7 N–H and O–H groups in total. The van der Waals surface area contributed by atoms with Crippen LogP contribution in [0, 0.1) is 0 Å². The van der Waals surface area contributed by atoms with Gasteiger partial charge in [0.1, 0.15) is 30.5 Å². The van der Waals surface area contributed by atoms with Gasteiger partial charge in [-0.3, -0.25) is 4.57 Å². The summed E-state index contributed by atoms with van der Waals surface area (Å²) < 4.78 is 21.7. The van der Waals surface area contributed by atoms with Crippen molar-refractivity contribution in [1.29, 1.82) is 0 Å². The second-order valence-corrected chi connectivity index (χ2v) is 7.59. The van der Waals surface area contributed by atoms with Crippen molar-refractivity contribution < 1.29 is 39.4 Å². The Morgan fingerprint density at radius 3 is 2.40 bits per heavy atom. The average Bonchev–Trinajstić information content (AvgIpc) is 2.38. The Morgan fingerprint density at radius 1 is 1.25 bits per heavy atom. The summed E-state index contributed by atoms with van der Waals surface area (Å²) in [6.45, 7) is 1.10. The van der Waals surface area contributed by atoms with Crippen LogP contribution < -0.4 is 5.73 Å². The first kappa shape index (κ1) is 18.0. The molecule has 0 spiro atoms. The Morgan fingerprint density at radius 2 is 1.85 bits per heavy atom. The molecular formula is C10H22NO8P. The normalized spacial score (nSPS) is 39.2. The zero-order valence-electron chi connectivity index (χ0n) is 11.1. The van der Waals surface area contributed by atoms with Gasteiger partial charge >= 0.3 is 0 Å². The first-order valence-electron chi connectivity index (χ1n) is 6.16. The Hall–Kier alpha value is -0.0900. The van der Waals surface area contributed by atoms with Crippen molar-refractivity contribution in [3.8, 4) is 0 Å². The first-order valence-corrected chi connectivity index (χ1v) is 8.42. The minimum atomic E-state index is -2.96. The van der Waals surface area contributed by atoms with E-state index in [4.69, 9.17) is 15.0 Å². The summed E-state index contributed by atoms with van der Waals surface area (Å²) in [5.41, 5.74) is 5.26. The third-order valence-corrected chi connectivity index (χ3v) is 4.82. The molecule has 0 aromatic rings. The maximum atomic E-state index is 11.8. The standard InChI is InChI=1S/C10H22NO8P/c1-20(17,3-2-11)18-4-5(12)9-7(14)6(13)8(15)10(16)19-9/h5-10,12-16H,2-4,11H2,1H3/t5-,6+,7+,8+,9-,10+,20?/m1/s1. The van der Waals surface area contributed by atoms with Gasteiger partial charge in [0.15, 0.2) is 6.29 Å². The Bertz CT molecular complexity index is 356. The Balaban J connectivity index is 2.58. The van der Waals surface area contributed by atoms with E-state index < -0.39 is 50.8 Å². The summed E-state index contributed by atoms with van der Waals surface area (Å²) in [6.07, 6.45) is -9.38. The number of aliphatic hydroxyl groups is 5. The highest BCUT2D eigenvalue weighted by atomic mass is 31.2. The van der Waals surface area contributed by atoms with Crippen LogP contribution in [0.4, 0.5) is 0 Å². The molecule has 1 saturated heterocycles. The molecule has 0 aromatic heterocycles. The number of ether oxygens (including phenoxy) is 1. The van der Waals surface area contributed by atoms with Gasteiger partial charge < -0.3 is 40.5 Å². The number of rotatable bonds is 6. The molecule has 120 valence electrons. The summed E-state index contributed by atoms with van der Waals surface area (Å²) in [5.74, 6) is 0. The van der Waals surface area contributed by atoms with Crippen LogP contribution in [0.3, 0.4) is 0 Å². The van der Waals surface area contributed by atoms with E-state index in [0.717, 1.165) is 0 Å². The van der Waals surface area contributed by atoms with Crippen LogP contribution in [0.25, 0.3) is 0 Å². The van der Waals surface area contributed by atoms with Crippen molar-refractivity contribution >= 4 is 7.37 Å². The van der Waals surface area contributed by atoms with Crippen molar-refractivity contribution in [2.75, 3.05) is 26.0 Å². The molecule has 0 aromatic carbocycles. The molecule has 0 radical (unpaired) electrons. The molecule has 7 atom stereocenters. The molecular weight excluding hydrogens is 293 g/mol. The van der Waals surface area contributed by atoms with Gasteiger partial charge in [0.2, 0.25) is 7.37 Å². The Labute approximate surface area is 116 Å². The van der Waals surface area contributed by atoms with Crippen molar-refractivity contribution in [2.24, 2.45) is 5.73 Å². The van der Waals surface area contributed by atoms with Crippen LogP contribution in [0.1, 0.15) is 0 Å². The molecule has 0 bridgehead atoms. The fourth-order valence-corrected chi connectivity index (χ4v) is 2.90. The van der Waals surface area contributed by atoms with Crippen LogP contribution in [0.5, 0.6) is 0 Å². The number of hydrogen-bond donors (Lipinski definition) is 6. The minimum Gasteiger partial charge on any atom is -0.388 e. The van der Waals surface area contributed by atoms with E-state index in [1.165, 1.54) is 6.66 Å². The van der Waals surface area contributed by atoms with Gasteiger partial charge in [-0.2, -0.15) is 0 Å². The van der Waals surface area contributed by atoms with Gasteiger partial charge in [0.25, 0.3) is 0 Å². The van der Waals surface area contributed by atoms with E-state index in [-0.39, 0.29) is 12.7 Å². The molecule has 1 fully saturated rings. The van der Waals surface area contributed by atoms with Gasteiger partial charge in [-0.15, -0.1) is 0 Å². The number of aliphatic hydroxyl groups excluding tert-OH is 5. The van der Waals surface area contributed by atoms with Crippen molar-refractivity contribution in [2.45, 2.75) is 36.8 Å². The van der Waals surface area contributed by atoms with Crippen LogP contribution in [-0.2, 0) is 13.8 Å². The van der Waals surface area contributed by atoms with E-state index in [2.05, 4.69) is 0 Å². The summed E-state index contributed by atoms with van der Waals surface area (Å²) in [7, 11) is -2.96. The molecule has 1 heterocycles. The summed E-state index contributed by atoms with van der Waals surface area (Å²) in [5, 5.41) is 47.6. The topological polar surface area (TPSA) is 163 Å². The summed E-state index contributed by atoms with van der Waals surface area (Å²) >= 11 is 0. The molecule has 20 heavy (non-hydrogen) atoms. The highest BCUT2D eigenvalue weighted by Gasteiger charge is 2.46. The third-order valence-electron chi connectivity index (χ3n) is 3.06. The highest BCUT2D eigenvalue weighted by Crippen LogP contribution is 2.41. The van der Waals surface area contributed by atoms with Gasteiger partial charge in [-0.25, -0.2) is 0 Å². The third kappa shape index (κ3) is 4.45. The van der Waals surface area contributed by atoms with Crippen molar-refractivity contribution in [1.82, 2.24) is 0 Å². The second kappa shape index (κ2) is 7.26. The quantitative estimate of drug-likeness (QED) is 0.281. The number of hydrogen-bond acceptors (Lipinski definition) is 9. The lowest BCUT2D eigenvalue weighted by Crippen LogP contribution is -2.61. The van der Waals surface area contributed by atoms with Crippen molar-refractivity contribution in [3.63, 3.8) is 0 Å². The van der Waals surface area contributed by atoms with Gasteiger partial charge in [0, 0.05) is 19.4 Å². The fourth-order valence-electron chi connectivity index (χ4n) is 1.83. The van der Waals surface area contributed by atoms with E-state index in [0.29, 0.717) is 0 Å². The summed E-state index contributed by atoms with van der Waals surface area (Å²) in [4.78, 5) is 0. The molecule has 1 aliphatic rings. The second-order valence-electron chi connectivity index (χ2n) is 4.85. The van der Waals surface area contributed by atoms with Gasteiger partial charge in [-0.05, 0) is 0 Å². The minimum absolute atomic E-state index is 0.137. The lowest BCUT2D eigenvalue weighted by molar-refractivity contribution is -0.298. The zero-order valence-corrected chi connectivity index (χ0v) is 12.0. The highest BCUT2D eigenvalue weighted by molar-refractivity contribution is 7.58. The van der Waals surface area contributed by atoms with Gasteiger partial charge in [-0.1, -0.05) is 0 Å². The Kier molecular flexibility index (Phi) is 6.52. The van der Waals surface area contributed by atoms with Crippen molar-refractivity contribution in [3.05, 3.63) is 0 Å². The molecule has 1 rings (SSSR count). The fraction of sp³-hybridized carbons (Fsp3) is 1.00. The monoisotopic (exact) mass is 315 g/mol. The van der Waals surface area contributed by atoms with Crippen LogP contribution in [-0.4, -0.2) is 88.3 Å². The maximum Gasteiger partial charge on any atom is 0.201 e. The zero-order chi connectivity index (χ0) is 15.5. The molecule has 1 unspecified atom stereocenters. The predicted octanol–water partition coefficient (Wildman–Crippen LogP) is -2.97. The molecule has 1 aliphatic heterocycles. The smallest absolute Gasteiger partial charge is 0.201 e. The van der Waals surface area contributed by atoms with E-state index in [9.17, 15) is 30.1 Å². The van der Waals surface area contributed by atoms with Crippen LogP contribution >= 0.6 is 7.37 Å². The molecule has 0 saturated carbocycles. The maximum absolute atomic E-state index is 11.8. The summed E-state index contributed by atoms with van der Waals surface area (Å²) in [6, 6.07) is 0. The SMILES string of the molecule is CP(=O)(CCN)OC[C@@H](O)[C@H]1O[C@H](O)[C@@H](O)[C@@H](O)[C@@H]1O. The largest absolute Gasteiger partial charge is 0.388 e. The first-order chi connectivity index (χ1) is 9.19. The average molecular weight is 315 g/mol. The lowest BCUT2D eigenvalue weighted by atomic mass is 9.96.